The SMILES string of the molecule is CC(C)(C(=O)NC1CCCC1CN)c1cccc(C(F)(F)F)c1. The van der Waals surface area contributed by atoms with Crippen molar-refractivity contribution in [3.05, 3.63) is 35.4 Å². The zero-order chi connectivity index (χ0) is 17.3. The molecule has 1 aromatic carbocycles. The van der Waals surface area contributed by atoms with Gasteiger partial charge in [-0.25, -0.2) is 0 Å². The number of nitrogens with one attached hydrogen (secondary N) is 1. The van der Waals surface area contributed by atoms with E-state index in [0.29, 0.717) is 12.1 Å². The summed E-state index contributed by atoms with van der Waals surface area (Å²) in [5, 5.41) is 2.98. The fraction of sp³-hybridized carbons (Fsp3) is 0.588. The van der Waals surface area contributed by atoms with E-state index in [1.807, 2.05) is 0 Å². The Hall–Kier alpha value is -1.56. The third-order valence-corrected chi connectivity index (χ3v) is 4.76. The molecule has 0 saturated heterocycles. The molecule has 0 radical (unpaired) electrons. The Kier molecular flexibility index (Phi) is 5.04. The van der Waals surface area contributed by atoms with Crippen LogP contribution >= 0.6 is 0 Å². The van der Waals surface area contributed by atoms with Crippen LogP contribution < -0.4 is 11.1 Å². The maximum absolute atomic E-state index is 12.9. The number of alkyl halides is 3. The van der Waals surface area contributed by atoms with E-state index in [2.05, 4.69) is 5.32 Å². The number of amides is 1. The summed E-state index contributed by atoms with van der Waals surface area (Å²) >= 11 is 0. The second-order valence-electron chi connectivity index (χ2n) is 6.71. The zero-order valence-electron chi connectivity index (χ0n) is 13.4. The number of rotatable bonds is 4. The van der Waals surface area contributed by atoms with Crippen LogP contribution in [0.4, 0.5) is 13.2 Å². The van der Waals surface area contributed by atoms with Crippen molar-refractivity contribution in [2.24, 2.45) is 11.7 Å². The molecule has 128 valence electrons. The highest BCUT2D eigenvalue weighted by Gasteiger charge is 2.37. The Bertz CT molecular complexity index is 569. The standard InChI is InChI=1S/C17H23F3N2O/c1-16(2,12-6-4-7-13(9-12)17(18,19)20)15(23)22-14-8-3-5-11(14)10-21/h4,6-7,9,11,14H,3,5,8,10,21H2,1-2H3,(H,22,23). The fourth-order valence-electron chi connectivity index (χ4n) is 3.07. The summed E-state index contributed by atoms with van der Waals surface area (Å²) in [5.41, 5.74) is 4.29. The van der Waals surface area contributed by atoms with Gasteiger partial charge in [0.25, 0.3) is 0 Å². The van der Waals surface area contributed by atoms with Crippen molar-refractivity contribution in [2.75, 3.05) is 6.54 Å². The molecule has 1 fully saturated rings. The molecule has 0 spiro atoms. The maximum Gasteiger partial charge on any atom is 0.416 e. The third kappa shape index (κ3) is 3.86. The van der Waals surface area contributed by atoms with E-state index in [-0.39, 0.29) is 17.9 Å². The van der Waals surface area contributed by atoms with E-state index in [1.54, 1.807) is 19.9 Å². The Morgan fingerprint density at radius 2 is 1.91 bits per heavy atom. The van der Waals surface area contributed by atoms with Crippen LogP contribution in [0.3, 0.4) is 0 Å². The minimum atomic E-state index is -4.42. The lowest BCUT2D eigenvalue weighted by atomic mass is 9.82. The molecule has 2 rings (SSSR count). The number of carbonyl (C=O) groups is 1. The molecule has 6 heteroatoms. The summed E-state index contributed by atoms with van der Waals surface area (Å²) in [6.07, 6.45) is -1.56. The minimum absolute atomic E-state index is 0.0116. The molecule has 1 saturated carbocycles. The molecular formula is C17H23F3N2O. The summed E-state index contributed by atoms with van der Waals surface area (Å²) in [6, 6.07) is 4.97. The Balaban J connectivity index is 2.18. The van der Waals surface area contributed by atoms with Gasteiger partial charge in [-0.05, 0) is 50.8 Å². The highest BCUT2D eigenvalue weighted by molar-refractivity contribution is 5.87. The first-order chi connectivity index (χ1) is 10.7. The van der Waals surface area contributed by atoms with Gasteiger partial charge in [0.2, 0.25) is 5.91 Å². The van der Waals surface area contributed by atoms with Crippen molar-refractivity contribution in [3.63, 3.8) is 0 Å². The van der Waals surface area contributed by atoms with Gasteiger partial charge in [-0.15, -0.1) is 0 Å². The molecule has 23 heavy (non-hydrogen) atoms. The van der Waals surface area contributed by atoms with Gasteiger partial charge in [0, 0.05) is 6.04 Å². The van der Waals surface area contributed by atoms with Gasteiger partial charge in [0.05, 0.1) is 11.0 Å². The largest absolute Gasteiger partial charge is 0.416 e. The van der Waals surface area contributed by atoms with Crippen LogP contribution in [0.1, 0.15) is 44.2 Å². The Morgan fingerprint density at radius 3 is 2.52 bits per heavy atom. The second kappa shape index (κ2) is 6.51. The van der Waals surface area contributed by atoms with Crippen LogP contribution in [-0.2, 0) is 16.4 Å². The van der Waals surface area contributed by atoms with Crippen LogP contribution in [0.15, 0.2) is 24.3 Å². The van der Waals surface area contributed by atoms with E-state index < -0.39 is 17.2 Å². The lowest BCUT2D eigenvalue weighted by molar-refractivity contribution is -0.138. The quantitative estimate of drug-likeness (QED) is 0.891. The van der Waals surface area contributed by atoms with Gasteiger partial charge in [-0.3, -0.25) is 4.79 Å². The Labute approximate surface area is 134 Å². The zero-order valence-corrected chi connectivity index (χ0v) is 13.4. The maximum atomic E-state index is 12.9. The second-order valence-corrected chi connectivity index (χ2v) is 6.71. The van der Waals surface area contributed by atoms with Gasteiger partial charge < -0.3 is 11.1 Å². The smallest absolute Gasteiger partial charge is 0.352 e. The minimum Gasteiger partial charge on any atom is -0.352 e. The van der Waals surface area contributed by atoms with Crippen molar-refractivity contribution >= 4 is 5.91 Å². The van der Waals surface area contributed by atoms with Gasteiger partial charge in [-0.2, -0.15) is 13.2 Å². The van der Waals surface area contributed by atoms with Gasteiger partial charge in [0.1, 0.15) is 0 Å². The van der Waals surface area contributed by atoms with Gasteiger partial charge in [0.15, 0.2) is 0 Å². The lowest BCUT2D eigenvalue weighted by Crippen LogP contribution is -2.47. The monoisotopic (exact) mass is 328 g/mol. The van der Waals surface area contributed by atoms with Gasteiger partial charge in [-0.1, -0.05) is 24.6 Å². The summed E-state index contributed by atoms with van der Waals surface area (Å²) < 4.78 is 38.6. The number of carbonyl (C=O) groups excluding carboxylic acids is 1. The van der Waals surface area contributed by atoms with Crippen LogP contribution in [0.5, 0.6) is 0 Å². The highest BCUT2D eigenvalue weighted by Crippen LogP contribution is 2.33. The molecule has 1 aliphatic carbocycles. The molecule has 0 bridgehead atoms. The predicted octanol–water partition coefficient (Wildman–Crippen LogP) is 3.23. The predicted molar refractivity (Wildman–Crippen MR) is 82.8 cm³/mol. The van der Waals surface area contributed by atoms with Crippen molar-refractivity contribution in [3.8, 4) is 0 Å². The molecule has 3 nitrogen and oxygen atoms in total. The van der Waals surface area contributed by atoms with Crippen molar-refractivity contribution < 1.29 is 18.0 Å². The van der Waals surface area contributed by atoms with Gasteiger partial charge >= 0.3 is 6.18 Å². The van der Waals surface area contributed by atoms with Crippen LogP contribution in [-0.4, -0.2) is 18.5 Å². The fourth-order valence-corrected chi connectivity index (χ4v) is 3.07. The molecule has 0 aromatic heterocycles. The summed E-state index contributed by atoms with van der Waals surface area (Å²) in [6.45, 7) is 3.80. The van der Waals surface area contributed by atoms with Crippen LogP contribution in [0.25, 0.3) is 0 Å². The van der Waals surface area contributed by atoms with E-state index in [9.17, 15) is 18.0 Å². The normalized spacial score (nSPS) is 22.2. The Morgan fingerprint density at radius 1 is 1.26 bits per heavy atom. The number of benzene rings is 1. The molecule has 0 heterocycles. The van der Waals surface area contributed by atoms with E-state index in [1.165, 1.54) is 6.07 Å². The number of hydrogen-bond acceptors (Lipinski definition) is 2. The van der Waals surface area contributed by atoms with Crippen molar-refractivity contribution in [1.82, 2.24) is 5.32 Å². The average Bonchev–Trinajstić information content (AvgIpc) is 2.93. The number of hydrogen-bond donors (Lipinski definition) is 2. The highest BCUT2D eigenvalue weighted by atomic mass is 19.4. The lowest BCUT2D eigenvalue weighted by Gasteiger charge is -2.29. The number of nitrogens with two attached hydrogens (primary N) is 1. The molecule has 2 atom stereocenters. The van der Waals surface area contributed by atoms with Crippen molar-refractivity contribution in [1.29, 1.82) is 0 Å². The summed E-state index contributed by atoms with van der Waals surface area (Å²) in [4.78, 5) is 12.6. The molecule has 1 aromatic rings. The third-order valence-electron chi connectivity index (χ3n) is 4.76. The molecule has 2 unspecified atom stereocenters. The summed E-state index contributed by atoms with van der Waals surface area (Å²) in [7, 11) is 0. The molecule has 3 N–H and O–H groups in total. The topological polar surface area (TPSA) is 55.1 Å². The molecule has 0 aliphatic heterocycles. The van der Waals surface area contributed by atoms with E-state index in [0.717, 1.165) is 31.4 Å². The van der Waals surface area contributed by atoms with E-state index in [4.69, 9.17) is 5.73 Å². The first kappa shape index (κ1) is 17.8. The molecular weight excluding hydrogens is 305 g/mol. The first-order valence-electron chi connectivity index (χ1n) is 7.85. The first-order valence-corrected chi connectivity index (χ1v) is 7.85. The van der Waals surface area contributed by atoms with Crippen LogP contribution in [0, 0.1) is 5.92 Å². The van der Waals surface area contributed by atoms with Crippen molar-refractivity contribution in [2.45, 2.75) is 50.7 Å². The number of halogens is 3. The average molecular weight is 328 g/mol. The van der Waals surface area contributed by atoms with Crippen LogP contribution in [0.2, 0.25) is 0 Å². The van der Waals surface area contributed by atoms with E-state index >= 15 is 0 Å². The molecule has 1 amide bonds. The molecule has 1 aliphatic rings. The summed E-state index contributed by atoms with van der Waals surface area (Å²) in [5.74, 6) is -0.0153.